The van der Waals surface area contributed by atoms with E-state index in [4.69, 9.17) is 9.78 Å². The van der Waals surface area contributed by atoms with Crippen LogP contribution in [0.1, 0.15) is 49.4 Å². The van der Waals surface area contributed by atoms with E-state index in [-0.39, 0.29) is 0 Å². The summed E-state index contributed by atoms with van der Waals surface area (Å²) in [6.45, 7) is 9.50. The zero-order chi connectivity index (χ0) is 15.7. The molecule has 0 saturated carbocycles. The number of benzene rings is 1. The fourth-order valence-corrected chi connectivity index (χ4v) is 3.18. The van der Waals surface area contributed by atoms with Crippen molar-refractivity contribution in [1.82, 2.24) is 0 Å². The van der Waals surface area contributed by atoms with Crippen LogP contribution in [0.2, 0.25) is 19.6 Å². The Kier molecular flexibility index (Phi) is 7.68. The minimum Gasteiger partial charge on any atom is -0.293 e. The summed E-state index contributed by atoms with van der Waals surface area (Å²) < 4.78 is 0. The van der Waals surface area contributed by atoms with Crippen LogP contribution in [-0.4, -0.2) is 20.7 Å². The molecule has 3 nitrogen and oxygen atoms in total. The maximum atomic E-state index is 11.8. The van der Waals surface area contributed by atoms with Crippen LogP contribution in [0.4, 0.5) is 0 Å². The topological polar surface area (TPSA) is 35.5 Å². The molecular formula is C17H28O3Si. The second-order valence-electron chi connectivity index (χ2n) is 6.43. The van der Waals surface area contributed by atoms with Crippen LogP contribution in [0.25, 0.3) is 0 Å². The zero-order valence-corrected chi connectivity index (χ0v) is 14.8. The van der Waals surface area contributed by atoms with Gasteiger partial charge in [-0.05, 0) is 18.6 Å². The predicted molar refractivity (Wildman–Crippen MR) is 89.5 cm³/mol. The van der Waals surface area contributed by atoms with Gasteiger partial charge in [0.1, 0.15) is 0 Å². The Bertz CT molecular complexity index is 421. The molecule has 0 unspecified atom stereocenters. The highest BCUT2D eigenvalue weighted by atomic mass is 28.3. The Balaban J connectivity index is 2.29. The summed E-state index contributed by atoms with van der Waals surface area (Å²) in [6.07, 6.45) is 5.75. The molecule has 0 spiro atoms. The summed E-state index contributed by atoms with van der Waals surface area (Å²) in [4.78, 5) is 21.6. The lowest BCUT2D eigenvalue weighted by atomic mass is 10.2. The van der Waals surface area contributed by atoms with Crippen molar-refractivity contribution in [3.05, 3.63) is 29.8 Å². The van der Waals surface area contributed by atoms with Gasteiger partial charge in [-0.1, -0.05) is 69.6 Å². The van der Waals surface area contributed by atoms with E-state index >= 15 is 0 Å². The number of unbranched alkanes of at least 4 members (excludes halogenated alkanes) is 4. The van der Waals surface area contributed by atoms with E-state index in [1.165, 1.54) is 24.4 Å². The predicted octanol–water partition coefficient (Wildman–Crippen LogP) is 4.29. The average molecular weight is 308 g/mol. The van der Waals surface area contributed by atoms with Gasteiger partial charge < -0.3 is 0 Å². The highest BCUT2D eigenvalue weighted by molar-refractivity contribution is 6.88. The molecule has 0 aromatic heterocycles. The quantitative estimate of drug-likeness (QED) is 0.295. The van der Waals surface area contributed by atoms with Crippen LogP contribution in [0.3, 0.4) is 0 Å². The SMILES string of the molecule is CCCCCCCOOC(=O)c1ccc([Si](C)(C)C)cc1. The molecule has 0 heterocycles. The van der Waals surface area contributed by atoms with Gasteiger partial charge in [0.15, 0.2) is 0 Å². The third-order valence-electron chi connectivity index (χ3n) is 3.45. The number of hydrogen-bond acceptors (Lipinski definition) is 3. The second kappa shape index (κ2) is 9.00. The molecule has 1 rings (SSSR count). The summed E-state index contributed by atoms with van der Waals surface area (Å²) >= 11 is 0. The third-order valence-corrected chi connectivity index (χ3v) is 5.52. The van der Waals surface area contributed by atoms with Crippen molar-refractivity contribution >= 4 is 19.2 Å². The fourth-order valence-electron chi connectivity index (χ4n) is 2.01. The van der Waals surface area contributed by atoms with Crippen molar-refractivity contribution in [3.8, 4) is 0 Å². The number of carbonyl (C=O) groups excluding carboxylic acids is 1. The summed E-state index contributed by atoms with van der Waals surface area (Å²) in [5.74, 6) is -0.411. The highest BCUT2D eigenvalue weighted by Crippen LogP contribution is 2.07. The van der Waals surface area contributed by atoms with Crippen molar-refractivity contribution < 1.29 is 14.6 Å². The van der Waals surface area contributed by atoms with Crippen LogP contribution in [0, 0.1) is 0 Å². The number of carbonyl (C=O) groups is 1. The number of rotatable bonds is 9. The molecule has 0 fully saturated rings. The first-order valence-corrected chi connectivity index (χ1v) is 11.4. The van der Waals surface area contributed by atoms with E-state index in [0.29, 0.717) is 12.2 Å². The lowest BCUT2D eigenvalue weighted by Crippen LogP contribution is -2.37. The lowest BCUT2D eigenvalue weighted by Gasteiger charge is -2.16. The molecule has 4 heteroatoms. The van der Waals surface area contributed by atoms with Gasteiger partial charge >= 0.3 is 5.97 Å². The Labute approximate surface area is 129 Å². The molecule has 0 aliphatic rings. The molecule has 21 heavy (non-hydrogen) atoms. The van der Waals surface area contributed by atoms with Gasteiger partial charge in [-0.3, -0.25) is 4.89 Å². The van der Waals surface area contributed by atoms with Gasteiger partial charge in [0.2, 0.25) is 0 Å². The molecule has 0 aliphatic heterocycles. The van der Waals surface area contributed by atoms with Gasteiger partial charge in [0, 0.05) is 0 Å². The average Bonchev–Trinajstić information content (AvgIpc) is 2.45. The lowest BCUT2D eigenvalue weighted by molar-refractivity contribution is -0.241. The van der Waals surface area contributed by atoms with Crippen molar-refractivity contribution in [3.63, 3.8) is 0 Å². The third kappa shape index (κ3) is 6.91. The van der Waals surface area contributed by atoms with E-state index in [0.717, 1.165) is 12.8 Å². The first kappa shape index (κ1) is 17.9. The summed E-state index contributed by atoms with van der Waals surface area (Å²) in [5.41, 5.74) is 0.544. The van der Waals surface area contributed by atoms with Crippen LogP contribution in [-0.2, 0) is 9.78 Å². The Morgan fingerprint density at radius 3 is 2.19 bits per heavy atom. The maximum Gasteiger partial charge on any atom is 0.373 e. The minimum absolute atomic E-state index is 0.411. The molecule has 0 amide bonds. The van der Waals surface area contributed by atoms with Gasteiger partial charge in [-0.2, -0.15) is 4.89 Å². The van der Waals surface area contributed by atoms with Gasteiger partial charge in [-0.25, -0.2) is 4.79 Å². The molecule has 0 radical (unpaired) electrons. The molecule has 0 atom stereocenters. The van der Waals surface area contributed by atoms with Crippen LogP contribution < -0.4 is 5.19 Å². The van der Waals surface area contributed by atoms with Crippen LogP contribution in [0.15, 0.2) is 24.3 Å². The van der Waals surface area contributed by atoms with E-state index < -0.39 is 14.0 Å². The standard InChI is InChI=1S/C17H28O3Si/c1-5-6-7-8-9-14-19-20-17(18)15-10-12-16(13-11-15)21(2,3)4/h10-13H,5-9,14H2,1-4H3. The fraction of sp³-hybridized carbons (Fsp3) is 0.588. The Morgan fingerprint density at radius 1 is 1.00 bits per heavy atom. The largest absolute Gasteiger partial charge is 0.373 e. The molecular weight excluding hydrogens is 280 g/mol. The molecule has 1 aromatic carbocycles. The first-order chi connectivity index (χ1) is 9.95. The highest BCUT2D eigenvalue weighted by Gasteiger charge is 2.17. The Morgan fingerprint density at radius 2 is 1.62 bits per heavy atom. The molecule has 0 bridgehead atoms. The molecule has 1 aromatic rings. The normalized spacial score (nSPS) is 11.4. The molecule has 0 aliphatic carbocycles. The summed E-state index contributed by atoms with van der Waals surface area (Å²) in [7, 11) is -1.32. The van der Waals surface area contributed by atoms with E-state index in [1.807, 2.05) is 24.3 Å². The maximum absolute atomic E-state index is 11.8. The van der Waals surface area contributed by atoms with E-state index in [1.54, 1.807) is 0 Å². The Hall–Kier alpha value is -1.13. The van der Waals surface area contributed by atoms with Crippen LogP contribution in [0.5, 0.6) is 0 Å². The smallest absolute Gasteiger partial charge is 0.293 e. The molecule has 118 valence electrons. The van der Waals surface area contributed by atoms with Crippen molar-refractivity contribution in [2.45, 2.75) is 58.7 Å². The minimum atomic E-state index is -1.32. The summed E-state index contributed by atoms with van der Waals surface area (Å²) in [6, 6.07) is 7.68. The van der Waals surface area contributed by atoms with Crippen LogP contribution >= 0.6 is 0 Å². The van der Waals surface area contributed by atoms with Crippen molar-refractivity contribution in [2.24, 2.45) is 0 Å². The zero-order valence-electron chi connectivity index (χ0n) is 13.8. The molecule has 0 N–H and O–H groups in total. The van der Waals surface area contributed by atoms with E-state index in [9.17, 15) is 4.79 Å². The second-order valence-corrected chi connectivity index (χ2v) is 11.5. The van der Waals surface area contributed by atoms with Crippen molar-refractivity contribution in [1.29, 1.82) is 0 Å². The van der Waals surface area contributed by atoms with Gasteiger partial charge in [0.05, 0.1) is 20.2 Å². The first-order valence-electron chi connectivity index (χ1n) is 7.89. The van der Waals surface area contributed by atoms with Crippen molar-refractivity contribution in [2.75, 3.05) is 6.61 Å². The van der Waals surface area contributed by atoms with Gasteiger partial charge in [0.25, 0.3) is 0 Å². The monoisotopic (exact) mass is 308 g/mol. The molecule has 0 saturated heterocycles. The van der Waals surface area contributed by atoms with Gasteiger partial charge in [-0.15, -0.1) is 0 Å². The number of hydrogen-bond donors (Lipinski definition) is 0. The van der Waals surface area contributed by atoms with E-state index in [2.05, 4.69) is 26.6 Å². The summed E-state index contributed by atoms with van der Waals surface area (Å²) in [5, 5.41) is 1.33.